The summed E-state index contributed by atoms with van der Waals surface area (Å²) in [5.41, 5.74) is 5.80. The number of benzene rings is 3. The lowest BCUT2D eigenvalue weighted by atomic mass is 9.90. The summed E-state index contributed by atoms with van der Waals surface area (Å²) in [6, 6.07) is 21.6. The molecule has 0 saturated heterocycles. The van der Waals surface area contributed by atoms with E-state index in [-0.39, 0.29) is 0 Å². The van der Waals surface area contributed by atoms with Gasteiger partial charge in [-0.3, -0.25) is 0 Å². The fourth-order valence-corrected chi connectivity index (χ4v) is 3.70. The molecule has 5 rings (SSSR count). The summed E-state index contributed by atoms with van der Waals surface area (Å²) in [4.78, 5) is 18.4. The molecule has 0 aliphatic heterocycles. The molecule has 0 aliphatic carbocycles. The topological polar surface area (TPSA) is 68.9 Å². The van der Waals surface area contributed by atoms with Crippen LogP contribution in [0.4, 0.5) is 0 Å². The van der Waals surface area contributed by atoms with E-state index in [0.717, 1.165) is 44.1 Å². The van der Waals surface area contributed by atoms with Crippen molar-refractivity contribution in [2.45, 2.75) is 0 Å². The zero-order valence-electron chi connectivity index (χ0n) is 14.4. The molecule has 4 nitrogen and oxygen atoms in total. The molecule has 0 atom stereocenters. The Hall–Kier alpha value is -3.79. The highest BCUT2D eigenvalue weighted by molar-refractivity contribution is 6.03. The second kappa shape index (κ2) is 5.88. The molecule has 0 bridgehead atoms. The minimum atomic E-state index is -0.931. The van der Waals surface area contributed by atoms with Gasteiger partial charge in [-0.25, -0.2) is 4.79 Å². The minimum absolute atomic E-state index is 0.296. The Labute approximate surface area is 155 Å². The van der Waals surface area contributed by atoms with Gasteiger partial charge in [0, 0.05) is 29.0 Å². The van der Waals surface area contributed by atoms with E-state index >= 15 is 0 Å². The van der Waals surface area contributed by atoms with Crippen LogP contribution in [-0.4, -0.2) is 21.0 Å². The van der Waals surface area contributed by atoms with Crippen molar-refractivity contribution in [1.29, 1.82) is 0 Å². The van der Waals surface area contributed by atoms with Crippen LogP contribution in [0, 0.1) is 0 Å². The van der Waals surface area contributed by atoms with Gasteiger partial charge in [0.2, 0.25) is 0 Å². The SMILES string of the molecule is O=C(O)c1cccc(-c2ccc3cc[nH]c3c2)c1-c1ccc2cc[nH]c2c1. The molecule has 0 aliphatic rings. The molecule has 5 aromatic rings. The molecule has 3 N–H and O–H groups in total. The number of carbonyl (C=O) groups is 1. The van der Waals surface area contributed by atoms with Gasteiger partial charge in [-0.15, -0.1) is 0 Å². The molecule has 0 fully saturated rings. The first kappa shape index (κ1) is 15.5. The second-order valence-electron chi connectivity index (χ2n) is 6.59. The molecule has 4 heteroatoms. The van der Waals surface area contributed by atoms with Gasteiger partial charge in [0.1, 0.15) is 0 Å². The summed E-state index contributed by atoms with van der Waals surface area (Å²) in [6.45, 7) is 0. The smallest absolute Gasteiger partial charge is 0.336 e. The van der Waals surface area contributed by atoms with Gasteiger partial charge in [-0.1, -0.05) is 36.4 Å². The summed E-state index contributed by atoms with van der Waals surface area (Å²) in [5.74, 6) is -0.931. The number of aromatic nitrogens is 2. The Kier molecular flexibility index (Phi) is 3.37. The first-order chi connectivity index (χ1) is 13.2. The summed E-state index contributed by atoms with van der Waals surface area (Å²) in [5, 5.41) is 12.0. The molecule has 0 spiro atoms. The first-order valence-electron chi connectivity index (χ1n) is 8.72. The van der Waals surface area contributed by atoms with Crippen LogP contribution in [0.5, 0.6) is 0 Å². The number of hydrogen-bond donors (Lipinski definition) is 3. The molecule has 3 aromatic carbocycles. The highest BCUT2D eigenvalue weighted by Crippen LogP contribution is 2.37. The summed E-state index contributed by atoms with van der Waals surface area (Å²) < 4.78 is 0. The zero-order valence-corrected chi connectivity index (χ0v) is 14.4. The quantitative estimate of drug-likeness (QED) is 0.391. The molecule has 2 heterocycles. The van der Waals surface area contributed by atoms with Gasteiger partial charge in [0.15, 0.2) is 0 Å². The van der Waals surface area contributed by atoms with Crippen LogP contribution in [0.1, 0.15) is 10.4 Å². The highest BCUT2D eigenvalue weighted by atomic mass is 16.4. The Morgan fingerprint density at radius 2 is 1.37 bits per heavy atom. The van der Waals surface area contributed by atoms with E-state index in [1.807, 2.05) is 60.9 Å². The number of aromatic amines is 2. The average molecular weight is 352 g/mol. The van der Waals surface area contributed by atoms with Crippen LogP contribution < -0.4 is 0 Å². The van der Waals surface area contributed by atoms with E-state index in [1.165, 1.54) is 0 Å². The molecule has 0 unspecified atom stereocenters. The molecule has 0 saturated carbocycles. The fraction of sp³-hybridized carbons (Fsp3) is 0. The van der Waals surface area contributed by atoms with E-state index in [2.05, 4.69) is 16.0 Å². The van der Waals surface area contributed by atoms with Crippen molar-refractivity contribution in [1.82, 2.24) is 9.97 Å². The average Bonchev–Trinajstić information content (AvgIpc) is 3.35. The molecule has 2 aromatic heterocycles. The van der Waals surface area contributed by atoms with Crippen molar-refractivity contribution >= 4 is 27.8 Å². The lowest BCUT2D eigenvalue weighted by Gasteiger charge is -2.14. The number of rotatable bonds is 3. The summed E-state index contributed by atoms with van der Waals surface area (Å²) in [6.07, 6.45) is 3.79. The molecule has 130 valence electrons. The van der Waals surface area contributed by atoms with E-state index < -0.39 is 5.97 Å². The molecule has 27 heavy (non-hydrogen) atoms. The normalized spacial score (nSPS) is 11.3. The number of H-pyrrole nitrogens is 2. The third-order valence-corrected chi connectivity index (χ3v) is 5.00. The van der Waals surface area contributed by atoms with Gasteiger partial charge in [0.05, 0.1) is 5.56 Å². The van der Waals surface area contributed by atoms with Gasteiger partial charge >= 0.3 is 5.97 Å². The van der Waals surface area contributed by atoms with Gasteiger partial charge in [-0.05, 0) is 57.8 Å². The van der Waals surface area contributed by atoms with Crippen molar-refractivity contribution in [3.8, 4) is 22.3 Å². The number of hydrogen-bond acceptors (Lipinski definition) is 1. The van der Waals surface area contributed by atoms with E-state index in [0.29, 0.717) is 5.56 Å². The predicted octanol–water partition coefficient (Wildman–Crippen LogP) is 5.68. The predicted molar refractivity (Wildman–Crippen MR) is 108 cm³/mol. The number of aromatic carboxylic acids is 1. The first-order valence-corrected chi connectivity index (χ1v) is 8.72. The van der Waals surface area contributed by atoms with E-state index in [9.17, 15) is 9.90 Å². The van der Waals surface area contributed by atoms with Crippen LogP contribution in [-0.2, 0) is 0 Å². The lowest BCUT2D eigenvalue weighted by Crippen LogP contribution is -2.01. The number of carboxylic acids is 1. The molecule has 0 amide bonds. The van der Waals surface area contributed by atoms with Crippen molar-refractivity contribution in [2.24, 2.45) is 0 Å². The van der Waals surface area contributed by atoms with Crippen LogP contribution >= 0.6 is 0 Å². The fourth-order valence-electron chi connectivity index (χ4n) is 3.70. The lowest BCUT2D eigenvalue weighted by molar-refractivity contribution is 0.0698. The Morgan fingerprint density at radius 1 is 0.741 bits per heavy atom. The van der Waals surface area contributed by atoms with Crippen molar-refractivity contribution < 1.29 is 9.90 Å². The number of carboxylic acid groups (broad SMARTS) is 1. The van der Waals surface area contributed by atoms with Gasteiger partial charge in [0.25, 0.3) is 0 Å². The molecular formula is C23H16N2O2. The van der Waals surface area contributed by atoms with Crippen LogP contribution in [0.2, 0.25) is 0 Å². The van der Waals surface area contributed by atoms with E-state index in [1.54, 1.807) is 12.1 Å². The summed E-state index contributed by atoms with van der Waals surface area (Å²) in [7, 11) is 0. The van der Waals surface area contributed by atoms with Crippen LogP contribution in [0.25, 0.3) is 44.1 Å². The van der Waals surface area contributed by atoms with Crippen molar-refractivity contribution in [3.63, 3.8) is 0 Å². The molecular weight excluding hydrogens is 336 g/mol. The maximum Gasteiger partial charge on any atom is 0.336 e. The highest BCUT2D eigenvalue weighted by Gasteiger charge is 2.17. The third-order valence-electron chi connectivity index (χ3n) is 5.00. The Bertz CT molecular complexity index is 1310. The standard InChI is InChI=1S/C23H16N2O2/c26-23(27)19-3-1-2-18(16-6-4-14-8-10-24-20(14)12-16)22(19)17-7-5-15-9-11-25-21(15)13-17/h1-13,24-25H,(H,26,27). The third kappa shape index (κ3) is 2.50. The van der Waals surface area contributed by atoms with Crippen LogP contribution in [0.15, 0.2) is 79.1 Å². The maximum absolute atomic E-state index is 11.9. The van der Waals surface area contributed by atoms with E-state index in [4.69, 9.17) is 0 Å². The van der Waals surface area contributed by atoms with Crippen molar-refractivity contribution in [3.05, 3.63) is 84.7 Å². The van der Waals surface area contributed by atoms with Crippen molar-refractivity contribution in [2.75, 3.05) is 0 Å². The zero-order chi connectivity index (χ0) is 18.4. The largest absolute Gasteiger partial charge is 0.478 e. The second-order valence-corrected chi connectivity index (χ2v) is 6.59. The van der Waals surface area contributed by atoms with Crippen LogP contribution in [0.3, 0.4) is 0 Å². The monoisotopic (exact) mass is 352 g/mol. The minimum Gasteiger partial charge on any atom is -0.478 e. The number of nitrogens with one attached hydrogen (secondary N) is 2. The Morgan fingerprint density at radius 3 is 2.04 bits per heavy atom. The number of fused-ring (bicyclic) bond motifs is 2. The summed E-state index contributed by atoms with van der Waals surface area (Å²) >= 11 is 0. The van der Waals surface area contributed by atoms with Gasteiger partial charge in [-0.2, -0.15) is 0 Å². The molecule has 0 radical (unpaired) electrons. The Balaban J connectivity index is 1.80. The maximum atomic E-state index is 11.9. The van der Waals surface area contributed by atoms with Gasteiger partial charge < -0.3 is 15.1 Å².